The minimum absolute atomic E-state index is 0.255. The van der Waals surface area contributed by atoms with Gasteiger partial charge in [-0.25, -0.2) is 9.78 Å². The highest BCUT2D eigenvalue weighted by atomic mass is 16.5. The molecule has 4 nitrogen and oxygen atoms in total. The van der Waals surface area contributed by atoms with Gasteiger partial charge in [-0.15, -0.1) is 6.58 Å². The Balaban J connectivity index is 3.03. The number of hydrogen-bond donors (Lipinski definition) is 0. The Morgan fingerprint density at radius 1 is 1.62 bits per heavy atom. The van der Waals surface area contributed by atoms with Crippen LogP contribution in [0.15, 0.2) is 25.0 Å². The highest BCUT2D eigenvalue weighted by Crippen LogP contribution is 2.04. The summed E-state index contributed by atoms with van der Waals surface area (Å²) in [6.07, 6.45) is 5.17. The lowest BCUT2D eigenvalue weighted by molar-refractivity contribution is 0.0592. The van der Waals surface area contributed by atoms with Crippen LogP contribution in [-0.4, -0.2) is 23.0 Å². The third kappa shape index (κ3) is 2.11. The van der Waals surface area contributed by atoms with Crippen molar-refractivity contribution in [3.05, 3.63) is 36.4 Å². The van der Waals surface area contributed by atoms with Crippen molar-refractivity contribution in [3.63, 3.8) is 0 Å². The molecule has 68 valence electrons. The van der Waals surface area contributed by atoms with Crippen molar-refractivity contribution in [2.24, 2.45) is 0 Å². The molecule has 4 heteroatoms. The summed E-state index contributed by atoms with van der Waals surface area (Å²) in [6, 6.07) is 0. The predicted molar refractivity (Wildman–Crippen MR) is 47.3 cm³/mol. The van der Waals surface area contributed by atoms with Crippen LogP contribution >= 0.6 is 0 Å². The molecule has 0 N–H and O–H groups in total. The van der Waals surface area contributed by atoms with Crippen LogP contribution in [0, 0.1) is 0 Å². The molecule has 13 heavy (non-hydrogen) atoms. The second kappa shape index (κ2) is 4.35. The molecular weight excluding hydrogens is 168 g/mol. The number of methoxy groups -OCH3 is 1. The lowest BCUT2D eigenvalue weighted by Crippen LogP contribution is -2.09. The van der Waals surface area contributed by atoms with Crippen molar-refractivity contribution < 1.29 is 9.53 Å². The highest BCUT2D eigenvalue weighted by molar-refractivity contribution is 5.88. The average Bonchev–Trinajstić information content (AvgIpc) is 2.18. The second-order valence-corrected chi connectivity index (χ2v) is 2.34. The molecule has 0 saturated carbocycles. The van der Waals surface area contributed by atoms with Gasteiger partial charge in [0.2, 0.25) is 0 Å². The maximum Gasteiger partial charge on any atom is 0.358 e. The average molecular weight is 178 g/mol. The standard InChI is InChI=1S/C9H10N2O2/c1-3-4-7-8(9(12)13-2)11-6-5-10-7/h3,5-6H,1,4H2,2H3. The highest BCUT2D eigenvalue weighted by Gasteiger charge is 2.12. The zero-order valence-electron chi connectivity index (χ0n) is 7.36. The van der Waals surface area contributed by atoms with Gasteiger partial charge < -0.3 is 4.74 Å². The number of rotatable bonds is 3. The lowest BCUT2D eigenvalue weighted by atomic mass is 10.2. The third-order valence-electron chi connectivity index (χ3n) is 1.49. The molecule has 0 aliphatic heterocycles. The van der Waals surface area contributed by atoms with Crippen molar-refractivity contribution in [1.82, 2.24) is 9.97 Å². The van der Waals surface area contributed by atoms with Crippen molar-refractivity contribution in [2.75, 3.05) is 7.11 Å². The van der Waals surface area contributed by atoms with E-state index in [9.17, 15) is 4.79 Å². The van der Waals surface area contributed by atoms with Gasteiger partial charge in [-0.3, -0.25) is 4.98 Å². The predicted octanol–water partition coefficient (Wildman–Crippen LogP) is 0.992. The van der Waals surface area contributed by atoms with E-state index in [4.69, 9.17) is 0 Å². The summed E-state index contributed by atoms with van der Waals surface area (Å²) in [5.74, 6) is -0.468. The molecule has 0 atom stereocenters. The largest absolute Gasteiger partial charge is 0.464 e. The van der Waals surface area contributed by atoms with Crippen molar-refractivity contribution in [3.8, 4) is 0 Å². The molecule has 1 aromatic heterocycles. The zero-order chi connectivity index (χ0) is 9.68. The van der Waals surface area contributed by atoms with Gasteiger partial charge in [0, 0.05) is 18.8 Å². The lowest BCUT2D eigenvalue weighted by Gasteiger charge is -2.02. The Morgan fingerprint density at radius 3 is 2.92 bits per heavy atom. The fourth-order valence-corrected chi connectivity index (χ4v) is 0.920. The topological polar surface area (TPSA) is 52.1 Å². The van der Waals surface area contributed by atoms with E-state index in [0.717, 1.165) is 0 Å². The Kier molecular flexibility index (Phi) is 3.14. The van der Waals surface area contributed by atoms with Crippen LogP contribution in [0.2, 0.25) is 0 Å². The van der Waals surface area contributed by atoms with Crippen LogP contribution in [0.4, 0.5) is 0 Å². The summed E-state index contributed by atoms with van der Waals surface area (Å²) in [5.41, 5.74) is 0.842. The Hall–Kier alpha value is -1.71. The molecule has 0 radical (unpaired) electrons. The summed E-state index contributed by atoms with van der Waals surface area (Å²) in [4.78, 5) is 19.0. The molecule has 0 bridgehead atoms. The molecule has 0 unspecified atom stereocenters. The fourth-order valence-electron chi connectivity index (χ4n) is 0.920. The van der Waals surface area contributed by atoms with Crippen LogP contribution in [-0.2, 0) is 11.2 Å². The van der Waals surface area contributed by atoms with E-state index in [1.807, 2.05) is 0 Å². The summed E-state index contributed by atoms with van der Waals surface area (Å²) in [7, 11) is 1.31. The van der Waals surface area contributed by atoms with Crippen LogP contribution in [0.5, 0.6) is 0 Å². The van der Waals surface area contributed by atoms with Crippen molar-refractivity contribution >= 4 is 5.97 Å². The van der Waals surface area contributed by atoms with Gasteiger partial charge in [0.1, 0.15) is 0 Å². The van der Waals surface area contributed by atoms with Gasteiger partial charge in [0.25, 0.3) is 0 Å². The molecule has 1 rings (SSSR count). The maximum atomic E-state index is 11.2. The van der Waals surface area contributed by atoms with E-state index >= 15 is 0 Å². The van der Waals surface area contributed by atoms with E-state index in [-0.39, 0.29) is 5.69 Å². The van der Waals surface area contributed by atoms with Crippen LogP contribution in [0.25, 0.3) is 0 Å². The molecule has 0 aliphatic carbocycles. The summed E-state index contributed by atoms with van der Waals surface area (Å²) in [6.45, 7) is 3.56. The number of aromatic nitrogens is 2. The maximum absolute atomic E-state index is 11.2. The molecule has 1 heterocycles. The smallest absolute Gasteiger partial charge is 0.358 e. The Bertz CT molecular complexity index is 323. The van der Waals surface area contributed by atoms with Gasteiger partial charge in [-0.2, -0.15) is 0 Å². The van der Waals surface area contributed by atoms with Gasteiger partial charge in [0.15, 0.2) is 5.69 Å². The van der Waals surface area contributed by atoms with E-state index in [1.165, 1.54) is 19.5 Å². The zero-order valence-corrected chi connectivity index (χ0v) is 7.36. The molecule has 0 spiro atoms. The van der Waals surface area contributed by atoms with E-state index < -0.39 is 5.97 Å². The summed E-state index contributed by atoms with van der Waals surface area (Å²) < 4.78 is 4.55. The first kappa shape index (κ1) is 9.38. The number of esters is 1. The SMILES string of the molecule is C=CCc1nccnc1C(=O)OC. The first-order chi connectivity index (χ1) is 6.29. The van der Waals surface area contributed by atoms with E-state index in [0.29, 0.717) is 12.1 Å². The molecule has 0 amide bonds. The minimum atomic E-state index is -0.468. The molecule has 1 aromatic rings. The normalized spacial score (nSPS) is 9.31. The van der Waals surface area contributed by atoms with Crippen LogP contribution in [0.3, 0.4) is 0 Å². The number of hydrogen-bond acceptors (Lipinski definition) is 4. The third-order valence-corrected chi connectivity index (χ3v) is 1.49. The monoisotopic (exact) mass is 178 g/mol. The van der Waals surface area contributed by atoms with E-state index in [2.05, 4.69) is 21.3 Å². The van der Waals surface area contributed by atoms with Crippen LogP contribution < -0.4 is 0 Å². The molecule has 0 fully saturated rings. The first-order valence-electron chi connectivity index (χ1n) is 3.78. The molecule has 0 saturated heterocycles. The van der Waals surface area contributed by atoms with Gasteiger partial charge in [-0.1, -0.05) is 6.08 Å². The van der Waals surface area contributed by atoms with Crippen molar-refractivity contribution in [1.29, 1.82) is 0 Å². The number of ether oxygens (including phenoxy) is 1. The number of carbonyl (C=O) groups is 1. The number of nitrogens with zero attached hydrogens (tertiary/aromatic N) is 2. The minimum Gasteiger partial charge on any atom is -0.464 e. The Labute approximate surface area is 76.3 Å². The van der Waals surface area contributed by atoms with Gasteiger partial charge in [0.05, 0.1) is 12.8 Å². The van der Waals surface area contributed by atoms with Gasteiger partial charge in [-0.05, 0) is 0 Å². The van der Waals surface area contributed by atoms with E-state index in [1.54, 1.807) is 6.08 Å². The molecule has 0 aliphatic rings. The summed E-state index contributed by atoms with van der Waals surface area (Å²) >= 11 is 0. The first-order valence-corrected chi connectivity index (χ1v) is 3.78. The second-order valence-electron chi connectivity index (χ2n) is 2.34. The summed E-state index contributed by atoms with van der Waals surface area (Å²) in [5, 5.41) is 0. The number of carbonyl (C=O) groups excluding carboxylic acids is 1. The fraction of sp³-hybridized carbons (Fsp3) is 0.222. The number of allylic oxidation sites excluding steroid dienone is 1. The Morgan fingerprint density at radius 2 is 2.31 bits per heavy atom. The quantitative estimate of drug-likeness (QED) is 0.511. The van der Waals surface area contributed by atoms with Gasteiger partial charge >= 0.3 is 5.97 Å². The van der Waals surface area contributed by atoms with Crippen molar-refractivity contribution in [2.45, 2.75) is 6.42 Å². The molecule has 0 aromatic carbocycles. The van der Waals surface area contributed by atoms with Crippen LogP contribution in [0.1, 0.15) is 16.2 Å². The molecular formula is C9H10N2O2.